The second kappa shape index (κ2) is 9.06. The second-order valence-electron chi connectivity index (χ2n) is 7.87. The van der Waals surface area contributed by atoms with Gasteiger partial charge in [-0.05, 0) is 68.5 Å². The Bertz CT molecular complexity index is 1140. The molecular weight excluding hydrogens is 456 g/mol. The molecule has 7 heteroatoms. The van der Waals surface area contributed by atoms with Crippen molar-refractivity contribution in [2.24, 2.45) is 0 Å². The maximum atomic E-state index is 13.2. The van der Waals surface area contributed by atoms with Gasteiger partial charge in [-0.3, -0.25) is 9.59 Å². The molecule has 1 unspecified atom stereocenters. The van der Waals surface area contributed by atoms with Crippen LogP contribution < -0.4 is 10.6 Å². The van der Waals surface area contributed by atoms with Gasteiger partial charge in [0.25, 0.3) is 5.91 Å². The minimum Gasteiger partial charge on any atom is -0.344 e. The summed E-state index contributed by atoms with van der Waals surface area (Å²) in [7, 11) is 0. The van der Waals surface area contributed by atoms with Gasteiger partial charge in [0.2, 0.25) is 5.91 Å². The molecule has 1 atom stereocenters. The predicted molar refractivity (Wildman–Crippen MR) is 125 cm³/mol. The van der Waals surface area contributed by atoms with Crippen molar-refractivity contribution in [3.8, 4) is 5.69 Å². The molecule has 1 aliphatic carbocycles. The SMILES string of the molecule is CC(=O)Nc1cccc(C(C)NC(=O)c2nn(-c3cccc(Br)c3)c3c2CCCC3)c1. The van der Waals surface area contributed by atoms with E-state index in [0.717, 1.165) is 52.7 Å². The number of aromatic nitrogens is 2. The van der Waals surface area contributed by atoms with Crippen LogP contribution in [0.4, 0.5) is 5.69 Å². The van der Waals surface area contributed by atoms with E-state index in [2.05, 4.69) is 26.6 Å². The summed E-state index contributed by atoms with van der Waals surface area (Å²) in [6.45, 7) is 3.41. The summed E-state index contributed by atoms with van der Waals surface area (Å²) in [6.07, 6.45) is 3.93. The molecule has 0 fully saturated rings. The lowest BCUT2D eigenvalue weighted by Gasteiger charge is -2.16. The van der Waals surface area contributed by atoms with Crippen molar-refractivity contribution in [1.82, 2.24) is 15.1 Å². The van der Waals surface area contributed by atoms with Gasteiger partial charge in [0.1, 0.15) is 0 Å². The quantitative estimate of drug-likeness (QED) is 0.541. The lowest BCUT2D eigenvalue weighted by Crippen LogP contribution is -2.28. The van der Waals surface area contributed by atoms with Crippen LogP contribution in [0.5, 0.6) is 0 Å². The third-order valence-electron chi connectivity index (χ3n) is 5.50. The average Bonchev–Trinajstić information content (AvgIpc) is 3.13. The number of rotatable bonds is 5. The van der Waals surface area contributed by atoms with Gasteiger partial charge in [0.05, 0.1) is 11.7 Å². The molecule has 2 amide bonds. The fourth-order valence-electron chi connectivity index (χ4n) is 4.04. The number of carbonyl (C=O) groups excluding carboxylic acids is 2. The number of benzene rings is 2. The normalized spacial score (nSPS) is 13.9. The van der Waals surface area contributed by atoms with Gasteiger partial charge >= 0.3 is 0 Å². The highest BCUT2D eigenvalue weighted by molar-refractivity contribution is 9.10. The van der Waals surface area contributed by atoms with Crippen molar-refractivity contribution < 1.29 is 9.59 Å². The second-order valence-corrected chi connectivity index (χ2v) is 8.79. The summed E-state index contributed by atoms with van der Waals surface area (Å²) in [5.41, 5.74) is 5.24. The van der Waals surface area contributed by atoms with Crippen molar-refractivity contribution in [2.75, 3.05) is 5.32 Å². The van der Waals surface area contributed by atoms with Gasteiger partial charge in [-0.2, -0.15) is 5.10 Å². The number of nitrogens with zero attached hydrogens (tertiary/aromatic N) is 2. The lowest BCUT2D eigenvalue weighted by atomic mass is 9.95. The Morgan fingerprint density at radius 1 is 1.10 bits per heavy atom. The summed E-state index contributed by atoms with van der Waals surface area (Å²) < 4.78 is 2.89. The first-order valence-electron chi connectivity index (χ1n) is 10.5. The van der Waals surface area contributed by atoms with Gasteiger partial charge in [-0.25, -0.2) is 4.68 Å². The molecule has 0 aliphatic heterocycles. The number of carbonyl (C=O) groups is 2. The molecule has 0 saturated carbocycles. The standard InChI is InChI=1S/C24H25BrN4O2/c1-15(17-7-5-9-19(13-17)27-16(2)30)26-24(31)23-21-11-3-4-12-22(21)29(28-23)20-10-6-8-18(25)14-20/h5-10,13-15H,3-4,11-12H2,1-2H3,(H,26,31)(H,27,30). The number of anilines is 1. The van der Waals surface area contributed by atoms with E-state index in [1.165, 1.54) is 6.92 Å². The smallest absolute Gasteiger partial charge is 0.272 e. The molecule has 1 heterocycles. The highest BCUT2D eigenvalue weighted by Crippen LogP contribution is 2.28. The van der Waals surface area contributed by atoms with E-state index in [1.807, 2.05) is 60.1 Å². The zero-order chi connectivity index (χ0) is 22.0. The first-order valence-corrected chi connectivity index (χ1v) is 11.3. The highest BCUT2D eigenvalue weighted by atomic mass is 79.9. The molecule has 0 saturated heterocycles. The maximum Gasteiger partial charge on any atom is 0.272 e. The van der Waals surface area contributed by atoms with Gasteiger partial charge in [0, 0.05) is 28.3 Å². The Morgan fingerprint density at radius 2 is 1.87 bits per heavy atom. The summed E-state index contributed by atoms with van der Waals surface area (Å²) >= 11 is 3.52. The molecule has 6 nitrogen and oxygen atoms in total. The van der Waals surface area contributed by atoms with E-state index in [0.29, 0.717) is 11.4 Å². The third kappa shape index (κ3) is 4.71. The van der Waals surface area contributed by atoms with Crippen molar-refractivity contribution in [1.29, 1.82) is 0 Å². The van der Waals surface area contributed by atoms with E-state index >= 15 is 0 Å². The van der Waals surface area contributed by atoms with Crippen LogP contribution in [-0.2, 0) is 17.6 Å². The fourth-order valence-corrected chi connectivity index (χ4v) is 4.43. The van der Waals surface area contributed by atoms with Crippen LogP contribution in [0.15, 0.2) is 53.0 Å². The van der Waals surface area contributed by atoms with E-state index in [4.69, 9.17) is 5.10 Å². The molecule has 1 aliphatic rings. The Labute approximate surface area is 190 Å². The van der Waals surface area contributed by atoms with Crippen molar-refractivity contribution >= 4 is 33.4 Å². The van der Waals surface area contributed by atoms with Gasteiger partial charge in [-0.15, -0.1) is 0 Å². The summed E-state index contributed by atoms with van der Waals surface area (Å²) in [6, 6.07) is 15.3. The Kier molecular flexibility index (Phi) is 6.23. The minimum absolute atomic E-state index is 0.126. The van der Waals surface area contributed by atoms with Crippen LogP contribution >= 0.6 is 15.9 Å². The minimum atomic E-state index is -0.225. The largest absolute Gasteiger partial charge is 0.344 e. The first kappa shape index (κ1) is 21.3. The highest BCUT2D eigenvalue weighted by Gasteiger charge is 2.26. The molecule has 160 valence electrons. The topological polar surface area (TPSA) is 76.0 Å². The van der Waals surface area contributed by atoms with Crippen molar-refractivity contribution in [3.63, 3.8) is 0 Å². The predicted octanol–water partition coefficient (Wildman–Crippen LogP) is 4.96. The van der Waals surface area contributed by atoms with Crippen molar-refractivity contribution in [3.05, 3.63) is 75.5 Å². The number of halogens is 1. The number of hydrogen-bond acceptors (Lipinski definition) is 3. The zero-order valence-corrected chi connectivity index (χ0v) is 19.2. The molecular formula is C24H25BrN4O2. The summed E-state index contributed by atoms with van der Waals surface area (Å²) in [4.78, 5) is 24.5. The van der Waals surface area contributed by atoms with Gasteiger partial charge in [-0.1, -0.05) is 34.1 Å². The monoisotopic (exact) mass is 480 g/mol. The Morgan fingerprint density at radius 3 is 2.65 bits per heavy atom. The van der Waals surface area contributed by atoms with E-state index < -0.39 is 0 Å². The van der Waals surface area contributed by atoms with E-state index in [1.54, 1.807) is 0 Å². The summed E-state index contributed by atoms with van der Waals surface area (Å²) in [5, 5.41) is 10.6. The average molecular weight is 481 g/mol. The van der Waals surface area contributed by atoms with Gasteiger partial charge in [0.15, 0.2) is 5.69 Å². The molecule has 4 rings (SSSR count). The van der Waals surface area contributed by atoms with Crippen LogP contribution in [0.1, 0.15) is 60.0 Å². The summed E-state index contributed by atoms with van der Waals surface area (Å²) in [5.74, 6) is -0.303. The third-order valence-corrected chi connectivity index (χ3v) is 6.00. The molecule has 0 radical (unpaired) electrons. The first-order chi connectivity index (χ1) is 14.9. The Hall–Kier alpha value is -2.93. The maximum absolute atomic E-state index is 13.2. The molecule has 1 aromatic heterocycles. The molecule has 0 spiro atoms. The lowest BCUT2D eigenvalue weighted by molar-refractivity contribution is -0.114. The van der Waals surface area contributed by atoms with E-state index in [-0.39, 0.29) is 17.9 Å². The Balaban J connectivity index is 1.61. The number of nitrogens with one attached hydrogen (secondary N) is 2. The van der Waals surface area contributed by atoms with Crippen LogP contribution in [0.3, 0.4) is 0 Å². The van der Waals surface area contributed by atoms with Crippen molar-refractivity contribution in [2.45, 2.75) is 45.6 Å². The van der Waals surface area contributed by atoms with Gasteiger partial charge < -0.3 is 10.6 Å². The molecule has 31 heavy (non-hydrogen) atoms. The van der Waals surface area contributed by atoms with Crippen LogP contribution in [0, 0.1) is 0 Å². The molecule has 3 aromatic rings. The van der Waals surface area contributed by atoms with Crippen LogP contribution in [0.2, 0.25) is 0 Å². The number of hydrogen-bond donors (Lipinski definition) is 2. The van der Waals surface area contributed by atoms with E-state index in [9.17, 15) is 9.59 Å². The number of amides is 2. The van der Waals surface area contributed by atoms with Crippen LogP contribution in [-0.4, -0.2) is 21.6 Å². The fraction of sp³-hybridized carbons (Fsp3) is 0.292. The molecule has 0 bridgehead atoms. The zero-order valence-electron chi connectivity index (χ0n) is 17.6. The molecule has 2 aromatic carbocycles. The number of fused-ring (bicyclic) bond motifs is 1. The molecule has 2 N–H and O–H groups in total. The van der Waals surface area contributed by atoms with Crippen LogP contribution in [0.25, 0.3) is 5.69 Å².